The minimum absolute atomic E-state index is 0.00610. The molecule has 2 unspecified atom stereocenters. The van der Waals surface area contributed by atoms with Crippen molar-refractivity contribution in [2.75, 3.05) is 27.2 Å². The van der Waals surface area contributed by atoms with E-state index in [1.807, 2.05) is 0 Å². The molecule has 3 rings (SSSR count). The standard InChI is InChI=1S/C21H30F3N3O2/c1-26(2)20(28)27-12-11-18(25)19(27)13-29-15-9-7-14(8-10-15)16-5-3-4-6-17(16)21(22,23)24/h3-6,14-15,18-19H,7-13,25H2,1-2H3/t14-,15+,18?,19?. The number of rotatable bonds is 4. The number of likely N-dealkylation sites (tertiary alicyclic amines) is 1. The van der Waals surface area contributed by atoms with E-state index in [4.69, 9.17) is 10.5 Å². The summed E-state index contributed by atoms with van der Waals surface area (Å²) in [6.45, 7) is 0.988. The van der Waals surface area contributed by atoms with Crippen molar-refractivity contribution in [1.29, 1.82) is 0 Å². The zero-order chi connectivity index (χ0) is 21.2. The van der Waals surface area contributed by atoms with Crippen LogP contribution in [0.1, 0.15) is 49.1 Å². The molecule has 1 heterocycles. The topological polar surface area (TPSA) is 58.8 Å². The summed E-state index contributed by atoms with van der Waals surface area (Å²) in [4.78, 5) is 15.6. The van der Waals surface area contributed by atoms with E-state index in [0.29, 0.717) is 44.4 Å². The number of carbonyl (C=O) groups is 1. The lowest BCUT2D eigenvalue weighted by Crippen LogP contribution is -2.49. The Balaban J connectivity index is 1.55. The molecular weight excluding hydrogens is 383 g/mol. The van der Waals surface area contributed by atoms with Gasteiger partial charge in [0.15, 0.2) is 0 Å². The lowest BCUT2D eigenvalue weighted by molar-refractivity contribution is -0.138. The molecule has 2 atom stereocenters. The summed E-state index contributed by atoms with van der Waals surface area (Å²) in [5.74, 6) is -0.103. The molecule has 162 valence electrons. The van der Waals surface area contributed by atoms with Gasteiger partial charge in [-0.15, -0.1) is 0 Å². The number of amides is 2. The summed E-state index contributed by atoms with van der Waals surface area (Å²) >= 11 is 0. The smallest absolute Gasteiger partial charge is 0.376 e. The largest absolute Gasteiger partial charge is 0.416 e. The van der Waals surface area contributed by atoms with Crippen LogP contribution in [0.25, 0.3) is 0 Å². The van der Waals surface area contributed by atoms with Crippen molar-refractivity contribution in [1.82, 2.24) is 9.80 Å². The maximum atomic E-state index is 13.3. The van der Waals surface area contributed by atoms with Crippen molar-refractivity contribution >= 4 is 6.03 Å². The third-order valence-corrected chi connectivity index (χ3v) is 6.11. The second-order valence-electron chi connectivity index (χ2n) is 8.28. The first-order chi connectivity index (χ1) is 13.7. The third-order valence-electron chi connectivity index (χ3n) is 6.11. The number of nitrogens with two attached hydrogens (primary N) is 1. The van der Waals surface area contributed by atoms with Crippen LogP contribution in [0.3, 0.4) is 0 Å². The van der Waals surface area contributed by atoms with Crippen LogP contribution in [-0.4, -0.2) is 61.3 Å². The number of benzene rings is 1. The summed E-state index contributed by atoms with van der Waals surface area (Å²) in [5.41, 5.74) is 6.04. The Labute approximate surface area is 170 Å². The third kappa shape index (κ3) is 5.04. The van der Waals surface area contributed by atoms with E-state index in [0.717, 1.165) is 12.5 Å². The van der Waals surface area contributed by atoms with Crippen LogP contribution in [0.5, 0.6) is 0 Å². The van der Waals surface area contributed by atoms with E-state index in [-0.39, 0.29) is 30.1 Å². The number of ether oxygens (including phenoxy) is 1. The Morgan fingerprint density at radius 3 is 2.45 bits per heavy atom. The van der Waals surface area contributed by atoms with Crippen LogP contribution < -0.4 is 5.73 Å². The molecule has 29 heavy (non-hydrogen) atoms. The van der Waals surface area contributed by atoms with Crippen LogP contribution in [0, 0.1) is 0 Å². The molecule has 2 amide bonds. The van der Waals surface area contributed by atoms with Crippen LogP contribution >= 0.6 is 0 Å². The van der Waals surface area contributed by atoms with Crippen molar-refractivity contribution in [3.63, 3.8) is 0 Å². The Hall–Kier alpha value is -1.80. The van der Waals surface area contributed by atoms with Crippen LogP contribution in [0.2, 0.25) is 0 Å². The first kappa shape index (κ1) is 21.9. The van der Waals surface area contributed by atoms with E-state index < -0.39 is 11.7 Å². The zero-order valence-corrected chi connectivity index (χ0v) is 17.0. The molecular formula is C21H30F3N3O2. The van der Waals surface area contributed by atoms with Gasteiger partial charge in [0.2, 0.25) is 0 Å². The fraction of sp³-hybridized carbons (Fsp3) is 0.667. The molecule has 1 aliphatic carbocycles. The van der Waals surface area contributed by atoms with Gasteiger partial charge < -0.3 is 20.3 Å². The van der Waals surface area contributed by atoms with E-state index in [1.54, 1.807) is 31.1 Å². The Morgan fingerprint density at radius 1 is 1.17 bits per heavy atom. The minimum Gasteiger partial charge on any atom is -0.376 e. The highest BCUT2D eigenvalue weighted by atomic mass is 19.4. The zero-order valence-electron chi connectivity index (χ0n) is 17.0. The Kier molecular flexibility index (Phi) is 6.73. The highest BCUT2D eigenvalue weighted by Crippen LogP contribution is 2.41. The second-order valence-corrected chi connectivity index (χ2v) is 8.28. The normalized spacial score (nSPS) is 27.9. The van der Waals surface area contributed by atoms with Gasteiger partial charge in [-0.3, -0.25) is 0 Å². The van der Waals surface area contributed by atoms with Crippen molar-refractivity contribution in [2.24, 2.45) is 5.73 Å². The molecule has 1 saturated carbocycles. The summed E-state index contributed by atoms with van der Waals surface area (Å²) in [7, 11) is 3.42. The number of hydrogen-bond acceptors (Lipinski definition) is 3. The van der Waals surface area contributed by atoms with Crippen molar-refractivity contribution in [2.45, 2.75) is 62.4 Å². The van der Waals surface area contributed by atoms with Gasteiger partial charge >= 0.3 is 12.2 Å². The van der Waals surface area contributed by atoms with Gasteiger partial charge in [-0.25, -0.2) is 4.79 Å². The average Bonchev–Trinajstić information content (AvgIpc) is 3.05. The molecule has 1 aromatic rings. The van der Waals surface area contributed by atoms with Gasteiger partial charge in [0.05, 0.1) is 24.3 Å². The van der Waals surface area contributed by atoms with E-state index in [2.05, 4.69) is 0 Å². The second kappa shape index (κ2) is 8.92. The number of alkyl halides is 3. The molecule has 2 N–H and O–H groups in total. The number of halogens is 3. The SMILES string of the molecule is CN(C)C(=O)N1CCC(N)C1CO[C@H]1CC[C@@H](c2ccccc2C(F)(F)F)CC1. The first-order valence-electron chi connectivity index (χ1n) is 10.2. The predicted molar refractivity (Wildman–Crippen MR) is 105 cm³/mol. The van der Waals surface area contributed by atoms with Crippen LogP contribution in [-0.2, 0) is 10.9 Å². The highest BCUT2D eigenvalue weighted by molar-refractivity contribution is 5.74. The fourth-order valence-corrected chi connectivity index (χ4v) is 4.47. The summed E-state index contributed by atoms with van der Waals surface area (Å²) < 4.78 is 46.0. The molecule has 0 radical (unpaired) electrons. The molecule has 2 aliphatic rings. The summed E-state index contributed by atoms with van der Waals surface area (Å²) in [5, 5.41) is 0. The van der Waals surface area contributed by atoms with Gasteiger partial charge in [-0.1, -0.05) is 18.2 Å². The van der Waals surface area contributed by atoms with Crippen molar-refractivity contribution in [3.8, 4) is 0 Å². The van der Waals surface area contributed by atoms with Gasteiger partial charge in [0.1, 0.15) is 0 Å². The lowest BCUT2D eigenvalue weighted by Gasteiger charge is -2.33. The molecule has 1 saturated heterocycles. The van der Waals surface area contributed by atoms with Crippen molar-refractivity contribution < 1.29 is 22.7 Å². The highest BCUT2D eigenvalue weighted by Gasteiger charge is 2.38. The van der Waals surface area contributed by atoms with Crippen LogP contribution in [0.15, 0.2) is 24.3 Å². The Morgan fingerprint density at radius 2 is 1.83 bits per heavy atom. The quantitative estimate of drug-likeness (QED) is 0.816. The molecule has 8 heteroatoms. The van der Waals surface area contributed by atoms with E-state index >= 15 is 0 Å². The molecule has 2 fully saturated rings. The number of carbonyl (C=O) groups excluding carboxylic acids is 1. The molecule has 0 bridgehead atoms. The summed E-state index contributed by atoms with van der Waals surface area (Å²) in [6, 6.07) is 5.52. The molecule has 0 spiro atoms. The maximum Gasteiger partial charge on any atom is 0.416 e. The maximum absolute atomic E-state index is 13.3. The first-order valence-corrected chi connectivity index (χ1v) is 10.2. The van der Waals surface area contributed by atoms with Gasteiger partial charge in [0, 0.05) is 26.7 Å². The van der Waals surface area contributed by atoms with Crippen molar-refractivity contribution in [3.05, 3.63) is 35.4 Å². The monoisotopic (exact) mass is 413 g/mol. The molecule has 1 aromatic carbocycles. The molecule has 0 aromatic heterocycles. The fourth-order valence-electron chi connectivity index (χ4n) is 4.47. The molecule has 5 nitrogen and oxygen atoms in total. The van der Waals surface area contributed by atoms with Crippen LogP contribution in [0.4, 0.5) is 18.0 Å². The Bertz CT molecular complexity index is 703. The number of hydrogen-bond donors (Lipinski definition) is 1. The number of nitrogens with zero attached hydrogens (tertiary/aromatic N) is 2. The van der Waals surface area contributed by atoms with Gasteiger partial charge in [-0.05, 0) is 49.7 Å². The van der Waals surface area contributed by atoms with E-state index in [9.17, 15) is 18.0 Å². The predicted octanol–water partition coefficient (Wildman–Crippen LogP) is 3.83. The molecule has 1 aliphatic heterocycles. The average molecular weight is 413 g/mol. The minimum atomic E-state index is -4.33. The van der Waals surface area contributed by atoms with Gasteiger partial charge in [0.25, 0.3) is 0 Å². The number of urea groups is 1. The lowest BCUT2D eigenvalue weighted by atomic mass is 9.81. The summed E-state index contributed by atoms with van der Waals surface area (Å²) in [6.07, 6.45) is -0.849. The van der Waals surface area contributed by atoms with E-state index in [1.165, 1.54) is 11.0 Å². The van der Waals surface area contributed by atoms with Gasteiger partial charge in [-0.2, -0.15) is 13.2 Å².